The van der Waals surface area contributed by atoms with Crippen LogP contribution in [0, 0.1) is 0 Å². The summed E-state index contributed by atoms with van der Waals surface area (Å²) < 4.78 is 8.69. The van der Waals surface area contributed by atoms with Crippen LogP contribution in [0.25, 0.3) is 28.0 Å². The SMILES string of the molecule is COCCn1cc(-c2ccc(-n3nnc4cnc(C5(N)CCC(N)C5)nc43)cc2)cn1. The maximum Gasteiger partial charge on any atom is 0.187 e. The Labute approximate surface area is 179 Å². The molecule has 1 aromatic carbocycles. The highest BCUT2D eigenvalue weighted by Crippen LogP contribution is 2.34. The quantitative estimate of drug-likeness (QED) is 0.478. The topological polar surface area (TPSA) is 136 Å². The van der Waals surface area contributed by atoms with Gasteiger partial charge in [-0.3, -0.25) is 4.68 Å². The lowest BCUT2D eigenvalue weighted by atomic mass is 9.98. The zero-order valence-corrected chi connectivity index (χ0v) is 17.3. The molecule has 4 aromatic rings. The van der Waals surface area contributed by atoms with Crippen LogP contribution in [0.1, 0.15) is 25.1 Å². The predicted octanol–water partition coefficient (Wildman–Crippen LogP) is 1.39. The highest BCUT2D eigenvalue weighted by molar-refractivity contribution is 5.71. The highest BCUT2D eigenvalue weighted by Gasteiger charge is 2.38. The van der Waals surface area contributed by atoms with Crippen molar-refractivity contribution in [3.8, 4) is 16.8 Å². The number of nitrogens with zero attached hydrogens (tertiary/aromatic N) is 7. The summed E-state index contributed by atoms with van der Waals surface area (Å²) in [6.07, 6.45) is 7.86. The van der Waals surface area contributed by atoms with Crippen molar-refractivity contribution in [2.24, 2.45) is 11.5 Å². The van der Waals surface area contributed by atoms with Crippen molar-refractivity contribution in [3.05, 3.63) is 48.7 Å². The van der Waals surface area contributed by atoms with Crippen LogP contribution in [0.4, 0.5) is 0 Å². The number of nitrogens with two attached hydrogens (primary N) is 2. The number of aromatic nitrogens is 7. The van der Waals surface area contributed by atoms with Crippen molar-refractivity contribution in [1.82, 2.24) is 34.7 Å². The number of benzene rings is 1. The number of hydrogen-bond acceptors (Lipinski definition) is 8. The Bertz CT molecular complexity index is 1200. The van der Waals surface area contributed by atoms with Gasteiger partial charge in [0.25, 0.3) is 0 Å². The highest BCUT2D eigenvalue weighted by atomic mass is 16.5. The molecule has 3 aromatic heterocycles. The van der Waals surface area contributed by atoms with Crippen LogP contribution >= 0.6 is 0 Å². The van der Waals surface area contributed by atoms with E-state index in [0.29, 0.717) is 30.0 Å². The molecule has 10 heteroatoms. The Hall–Kier alpha value is -3.21. The normalized spacial score (nSPS) is 21.2. The van der Waals surface area contributed by atoms with Gasteiger partial charge in [-0.05, 0) is 37.0 Å². The average molecular weight is 419 g/mol. The van der Waals surface area contributed by atoms with Gasteiger partial charge < -0.3 is 16.2 Å². The first-order chi connectivity index (χ1) is 15.1. The summed E-state index contributed by atoms with van der Waals surface area (Å²) in [4.78, 5) is 9.19. The van der Waals surface area contributed by atoms with Gasteiger partial charge >= 0.3 is 0 Å². The molecule has 0 bridgehead atoms. The lowest BCUT2D eigenvalue weighted by molar-refractivity contribution is 0.183. The van der Waals surface area contributed by atoms with Crippen molar-refractivity contribution in [3.63, 3.8) is 0 Å². The molecule has 1 fully saturated rings. The molecule has 31 heavy (non-hydrogen) atoms. The molecule has 1 aliphatic rings. The largest absolute Gasteiger partial charge is 0.383 e. The molecule has 0 spiro atoms. The van der Waals surface area contributed by atoms with E-state index in [4.69, 9.17) is 21.2 Å². The number of rotatable bonds is 6. The minimum absolute atomic E-state index is 0.0822. The first kappa shape index (κ1) is 19.7. The molecule has 1 aliphatic carbocycles. The minimum Gasteiger partial charge on any atom is -0.383 e. The van der Waals surface area contributed by atoms with Crippen LogP contribution in [0.2, 0.25) is 0 Å². The van der Waals surface area contributed by atoms with Gasteiger partial charge in [-0.25, -0.2) is 9.97 Å². The van der Waals surface area contributed by atoms with Gasteiger partial charge in [-0.15, -0.1) is 5.10 Å². The van der Waals surface area contributed by atoms with E-state index in [0.717, 1.165) is 36.2 Å². The Morgan fingerprint density at radius 2 is 2.03 bits per heavy atom. The second kappa shape index (κ2) is 7.80. The van der Waals surface area contributed by atoms with Crippen molar-refractivity contribution >= 4 is 11.2 Å². The number of ether oxygens (including phenoxy) is 1. The maximum atomic E-state index is 6.57. The summed E-state index contributed by atoms with van der Waals surface area (Å²) in [5.74, 6) is 0.594. The van der Waals surface area contributed by atoms with Gasteiger partial charge in [-0.1, -0.05) is 17.3 Å². The van der Waals surface area contributed by atoms with Gasteiger partial charge in [0.1, 0.15) is 0 Å². The molecule has 10 nitrogen and oxygen atoms in total. The van der Waals surface area contributed by atoms with E-state index in [1.54, 1.807) is 18.0 Å². The Morgan fingerprint density at radius 3 is 2.77 bits per heavy atom. The van der Waals surface area contributed by atoms with Gasteiger partial charge in [0, 0.05) is 24.9 Å². The molecule has 0 aliphatic heterocycles. The lowest BCUT2D eigenvalue weighted by Crippen LogP contribution is -2.37. The van der Waals surface area contributed by atoms with Crippen molar-refractivity contribution in [1.29, 1.82) is 0 Å². The van der Waals surface area contributed by atoms with Gasteiger partial charge in [0.05, 0.1) is 36.8 Å². The van der Waals surface area contributed by atoms with E-state index >= 15 is 0 Å². The molecule has 2 unspecified atom stereocenters. The lowest BCUT2D eigenvalue weighted by Gasteiger charge is -2.21. The van der Waals surface area contributed by atoms with E-state index in [2.05, 4.69) is 20.4 Å². The van der Waals surface area contributed by atoms with Gasteiger partial charge in [0.2, 0.25) is 0 Å². The fourth-order valence-corrected chi connectivity index (χ4v) is 4.07. The summed E-state index contributed by atoms with van der Waals surface area (Å²) >= 11 is 0. The molecular weight excluding hydrogens is 394 g/mol. The number of hydrogen-bond donors (Lipinski definition) is 2. The number of fused-ring (bicyclic) bond motifs is 1. The van der Waals surface area contributed by atoms with Crippen molar-refractivity contribution in [2.45, 2.75) is 37.4 Å². The molecule has 5 rings (SSSR count). The summed E-state index contributed by atoms with van der Waals surface area (Å²) in [5, 5.41) is 12.9. The third kappa shape index (κ3) is 3.69. The summed E-state index contributed by atoms with van der Waals surface area (Å²) in [5.41, 5.74) is 16.3. The third-order valence-corrected chi connectivity index (χ3v) is 5.83. The Kier molecular flexibility index (Phi) is 4.97. The average Bonchev–Trinajstić information content (AvgIpc) is 3.51. The van der Waals surface area contributed by atoms with E-state index in [-0.39, 0.29) is 6.04 Å². The second-order valence-electron chi connectivity index (χ2n) is 8.09. The van der Waals surface area contributed by atoms with E-state index < -0.39 is 5.54 Å². The smallest absolute Gasteiger partial charge is 0.187 e. The molecule has 0 radical (unpaired) electrons. The Morgan fingerprint density at radius 1 is 1.19 bits per heavy atom. The monoisotopic (exact) mass is 419 g/mol. The van der Waals surface area contributed by atoms with Crippen molar-refractivity contribution < 1.29 is 4.74 Å². The zero-order valence-electron chi connectivity index (χ0n) is 17.3. The molecule has 0 amide bonds. The number of methoxy groups -OCH3 is 1. The second-order valence-corrected chi connectivity index (χ2v) is 8.09. The van der Waals surface area contributed by atoms with Gasteiger partial charge in [-0.2, -0.15) is 9.78 Å². The predicted molar refractivity (Wildman–Crippen MR) is 115 cm³/mol. The minimum atomic E-state index is -0.602. The van der Waals surface area contributed by atoms with Crippen LogP contribution in [-0.4, -0.2) is 54.5 Å². The molecule has 4 N–H and O–H groups in total. The van der Waals surface area contributed by atoms with Gasteiger partial charge in [0.15, 0.2) is 17.0 Å². The zero-order chi connectivity index (χ0) is 21.4. The summed E-state index contributed by atoms with van der Waals surface area (Å²) in [6.45, 7) is 1.34. The van der Waals surface area contributed by atoms with E-state index in [1.165, 1.54) is 0 Å². The standard InChI is InChI=1S/C21H25N9O/c1-31-9-8-29-13-15(11-25-29)14-2-4-17(5-3-14)30-19-18(27-28-30)12-24-20(26-19)21(23)7-6-16(22)10-21/h2-5,11-13,16H,6-10,22-23H2,1H3. The van der Waals surface area contributed by atoms with E-state index in [1.807, 2.05) is 41.3 Å². The van der Waals surface area contributed by atoms with Crippen LogP contribution in [0.3, 0.4) is 0 Å². The molecule has 0 saturated heterocycles. The molecule has 2 atom stereocenters. The maximum absolute atomic E-state index is 6.57. The third-order valence-electron chi connectivity index (χ3n) is 5.83. The molecular formula is C21H25N9O. The molecule has 160 valence electrons. The van der Waals surface area contributed by atoms with Crippen LogP contribution in [0.5, 0.6) is 0 Å². The van der Waals surface area contributed by atoms with E-state index in [9.17, 15) is 0 Å². The fraction of sp³-hybridized carbons (Fsp3) is 0.381. The summed E-state index contributed by atoms with van der Waals surface area (Å²) in [7, 11) is 1.68. The van der Waals surface area contributed by atoms with Crippen LogP contribution < -0.4 is 11.5 Å². The molecule has 3 heterocycles. The van der Waals surface area contributed by atoms with Crippen LogP contribution in [-0.2, 0) is 16.8 Å². The van der Waals surface area contributed by atoms with Crippen molar-refractivity contribution in [2.75, 3.05) is 13.7 Å². The first-order valence-electron chi connectivity index (χ1n) is 10.3. The Balaban J connectivity index is 1.44. The fourth-order valence-electron chi connectivity index (χ4n) is 4.07. The summed E-state index contributed by atoms with van der Waals surface area (Å²) in [6, 6.07) is 8.12. The first-order valence-corrected chi connectivity index (χ1v) is 10.3. The molecule has 1 saturated carbocycles. The van der Waals surface area contributed by atoms with Crippen LogP contribution in [0.15, 0.2) is 42.9 Å².